The van der Waals surface area contributed by atoms with E-state index >= 15 is 0 Å². The summed E-state index contributed by atoms with van der Waals surface area (Å²) in [5, 5.41) is 8.87. The molecule has 1 heterocycles. The first-order chi connectivity index (χ1) is 9.32. The number of rotatable bonds is 1. The molecule has 20 heavy (non-hydrogen) atoms. The molecule has 102 valence electrons. The predicted molar refractivity (Wildman–Crippen MR) is 68.5 cm³/mol. The van der Waals surface area contributed by atoms with E-state index in [0.29, 0.717) is 5.56 Å². The fraction of sp³-hybridized carbons (Fsp3) is 0.143. The lowest BCUT2D eigenvalue weighted by atomic mass is 9.98. The molecule has 0 unspecified atom stereocenters. The van der Waals surface area contributed by atoms with Crippen LogP contribution < -0.4 is 5.73 Å². The number of nitrogen functional groups attached to an aromatic ring is 1. The largest absolute Gasteiger partial charge is 0.418 e. The van der Waals surface area contributed by atoms with Crippen LogP contribution in [0.25, 0.3) is 11.3 Å². The van der Waals surface area contributed by atoms with Crippen LogP contribution in [-0.4, -0.2) is 4.98 Å². The van der Waals surface area contributed by atoms with E-state index in [1.165, 1.54) is 6.07 Å². The van der Waals surface area contributed by atoms with Crippen LogP contribution in [0.15, 0.2) is 30.3 Å². The Hall–Kier alpha value is -2.55. The van der Waals surface area contributed by atoms with Gasteiger partial charge in [-0.1, -0.05) is 6.07 Å². The lowest BCUT2D eigenvalue weighted by molar-refractivity contribution is -0.137. The van der Waals surface area contributed by atoms with Gasteiger partial charge in [0.05, 0.1) is 22.9 Å². The maximum Gasteiger partial charge on any atom is 0.418 e. The second-order valence-corrected chi connectivity index (χ2v) is 4.27. The third kappa shape index (κ3) is 2.57. The minimum absolute atomic E-state index is 0.00485. The molecule has 0 aliphatic rings. The lowest BCUT2D eigenvalue weighted by Gasteiger charge is -2.14. The summed E-state index contributed by atoms with van der Waals surface area (Å²) in [4.78, 5) is 3.79. The highest BCUT2D eigenvalue weighted by atomic mass is 19.4. The van der Waals surface area contributed by atoms with Crippen LogP contribution in [0.5, 0.6) is 0 Å². The molecule has 0 aliphatic heterocycles. The zero-order chi connectivity index (χ0) is 14.9. The van der Waals surface area contributed by atoms with E-state index in [1.807, 2.05) is 6.07 Å². The Bertz CT molecular complexity index is 700. The van der Waals surface area contributed by atoms with Crippen LogP contribution in [0.4, 0.5) is 19.0 Å². The van der Waals surface area contributed by atoms with Crippen molar-refractivity contribution in [2.24, 2.45) is 0 Å². The first kappa shape index (κ1) is 13.9. The predicted octanol–water partition coefficient (Wildman–Crippen LogP) is 3.53. The second-order valence-electron chi connectivity index (χ2n) is 4.27. The van der Waals surface area contributed by atoms with E-state index in [9.17, 15) is 13.2 Å². The quantitative estimate of drug-likeness (QED) is 0.867. The van der Waals surface area contributed by atoms with Gasteiger partial charge in [-0.15, -0.1) is 0 Å². The van der Waals surface area contributed by atoms with Crippen LogP contribution in [0.2, 0.25) is 0 Å². The molecule has 0 saturated heterocycles. The van der Waals surface area contributed by atoms with Gasteiger partial charge in [0, 0.05) is 5.56 Å². The molecule has 0 spiro atoms. The number of anilines is 1. The van der Waals surface area contributed by atoms with Gasteiger partial charge in [-0.3, -0.25) is 0 Å². The molecule has 6 heteroatoms. The minimum atomic E-state index is -4.54. The minimum Gasteiger partial charge on any atom is -0.384 e. The average Bonchev–Trinajstić information content (AvgIpc) is 2.37. The highest BCUT2D eigenvalue weighted by Gasteiger charge is 2.35. The maximum atomic E-state index is 13.0. The monoisotopic (exact) mass is 277 g/mol. The smallest absolute Gasteiger partial charge is 0.384 e. The van der Waals surface area contributed by atoms with Gasteiger partial charge in [-0.05, 0) is 36.8 Å². The number of hydrogen-bond donors (Lipinski definition) is 1. The van der Waals surface area contributed by atoms with E-state index in [-0.39, 0.29) is 22.6 Å². The molecule has 0 atom stereocenters. The van der Waals surface area contributed by atoms with Crippen molar-refractivity contribution in [3.05, 3.63) is 47.0 Å². The van der Waals surface area contributed by atoms with Crippen molar-refractivity contribution in [3.63, 3.8) is 0 Å². The van der Waals surface area contributed by atoms with Crippen LogP contribution in [0.3, 0.4) is 0 Å². The van der Waals surface area contributed by atoms with Crippen LogP contribution in [0, 0.1) is 18.3 Å². The number of halogens is 3. The van der Waals surface area contributed by atoms with E-state index in [2.05, 4.69) is 4.98 Å². The van der Waals surface area contributed by atoms with Crippen molar-refractivity contribution >= 4 is 5.82 Å². The van der Waals surface area contributed by atoms with Crippen molar-refractivity contribution in [3.8, 4) is 17.3 Å². The molecule has 0 saturated carbocycles. The summed E-state index contributed by atoms with van der Waals surface area (Å²) in [6.07, 6.45) is -4.54. The van der Waals surface area contributed by atoms with E-state index in [1.54, 1.807) is 19.1 Å². The number of nitrogens with zero attached hydrogens (tertiary/aromatic N) is 2. The van der Waals surface area contributed by atoms with Gasteiger partial charge in [0.25, 0.3) is 0 Å². The summed E-state index contributed by atoms with van der Waals surface area (Å²) in [5.74, 6) is -0.00485. The van der Waals surface area contributed by atoms with Crippen LogP contribution >= 0.6 is 0 Å². The van der Waals surface area contributed by atoms with Crippen molar-refractivity contribution in [2.45, 2.75) is 13.1 Å². The van der Waals surface area contributed by atoms with Gasteiger partial charge >= 0.3 is 6.18 Å². The van der Waals surface area contributed by atoms with Gasteiger partial charge in [-0.25, -0.2) is 4.98 Å². The Labute approximate surface area is 113 Å². The van der Waals surface area contributed by atoms with E-state index in [0.717, 1.165) is 12.1 Å². The van der Waals surface area contributed by atoms with Crippen molar-refractivity contribution in [1.29, 1.82) is 5.26 Å². The second kappa shape index (κ2) is 4.85. The molecule has 1 aromatic carbocycles. The Balaban J connectivity index is 2.75. The molecule has 2 rings (SSSR count). The molecule has 3 nitrogen and oxygen atoms in total. The molecule has 0 aliphatic carbocycles. The first-order valence-corrected chi connectivity index (χ1v) is 5.68. The zero-order valence-electron chi connectivity index (χ0n) is 10.5. The van der Waals surface area contributed by atoms with Gasteiger partial charge < -0.3 is 5.73 Å². The number of aryl methyl sites for hydroxylation is 1. The number of benzene rings is 1. The molecule has 2 N–H and O–H groups in total. The van der Waals surface area contributed by atoms with Crippen LogP contribution in [-0.2, 0) is 6.18 Å². The molecule has 0 amide bonds. The van der Waals surface area contributed by atoms with Crippen molar-refractivity contribution in [1.82, 2.24) is 4.98 Å². The summed E-state index contributed by atoms with van der Waals surface area (Å²) in [7, 11) is 0. The summed E-state index contributed by atoms with van der Waals surface area (Å²) < 4.78 is 39.1. The summed E-state index contributed by atoms with van der Waals surface area (Å²) in [5.41, 5.74) is 5.47. The fourth-order valence-corrected chi connectivity index (χ4v) is 1.85. The third-order valence-corrected chi connectivity index (χ3v) is 2.84. The third-order valence-electron chi connectivity index (χ3n) is 2.84. The molecule has 2 aromatic rings. The highest BCUT2D eigenvalue weighted by molar-refractivity contribution is 5.70. The number of nitriles is 1. The number of nitrogens with two attached hydrogens (primary N) is 1. The molecule has 0 fully saturated rings. The Morgan fingerprint density at radius 1 is 1.20 bits per heavy atom. The van der Waals surface area contributed by atoms with Crippen molar-refractivity contribution < 1.29 is 13.2 Å². The fourth-order valence-electron chi connectivity index (χ4n) is 1.85. The van der Waals surface area contributed by atoms with Gasteiger partial charge in [-0.2, -0.15) is 18.4 Å². The number of pyridine rings is 1. The summed E-state index contributed by atoms with van der Waals surface area (Å²) in [6, 6.07) is 8.41. The SMILES string of the molecule is Cc1ccc(C#N)cc1-c1nc(N)ccc1C(F)(F)F. The molecule has 0 radical (unpaired) electrons. The standard InChI is InChI=1S/C14H10F3N3/c1-8-2-3-9(7-18)6-10(8)13-11(14(15,16)17)4-5-12(19)20-13/h2-6H,1H3,(H2,19,20). The maximum absolute atomic E-state index is 13.0. The first-order valence-electron chi connectivity index (χ1n) is 5.68. The molecule has 1 aromatic heterocycles. The van der Waals surface area contributed by atoms with Gasteiger partial charge in [0.2, 0.25) is 0 Å². The summed E-state index contributed by atoms with van der Waals surface area (Å²) >= 11 is 0. The summed E-state index contributed by atoms with van der Waals surface area (Å²) in [6.45, 7) is 1.65. The number of aromatic nitrogens is 1. The zero-order valence-corrected chi connectivity index (χ0v) is 10.5. The van der Waals surface area contributed by atoms with Crippen molar-refractivity contribution in [2.75, 3.05) is 5.73 Å². The molecular weight excluding hydrogens is 267 g/mol. The Kier molecular flexibility index (Phi) is 3.36. The normalized spacial score (nSPS) is 11.2. The Morgan fingerprint density at radius 3 is 2.50 bits per heavy atom. The van der Waals surface area contributed by atoms with E-state index in [4.69, 9.17) is 11.0 Å². The van der Waals surface area contributed by atoms with E-state index < -0.39 is 11.7 Å². The molecular formula is C14H10F3N3. The Morgan fingerprint density at radius 2 is 1.90 bits per heavy atom. The average molecular weight is 277 g/mol. The molecule has 0 bridgehead atoms. The number of alkyl halides is 3. The topological polar surface area (TPSA) is 62.7 Å². The van der Waals surface area contributed by atoms with Gasteiger partial charge in [0.1, 0.15) is 5.82 Å². The lowest BCUT2D eigenvalue weighted by Crippen LogP contribution is -2.10. The number of hydrogen-bond acceptors (Lipinski definition) is 3. The van der Waals surface area contributed by atoms with Gasteiger partial charge in [0.15, 0.2) is 0 Å². The van der Waals surface area contributed by atoms with Crippen LogP contribution in [0.1, 0.15) is 16.7 Å². The highest BCUT2D eigenvalue weighted by Crippen LogP contribution is 2.37.